The normalized spacial score (nSPS) is 16.7. The molecular formula is C14H18O2S. The average Bonchev–Trinajstić information content (AvgIpc) is 3.05. The van der Waals surface area contributed by atoms with Gasteiger partial charge in [0.25, 0.3) is 0 Å². The van der Waals surface area contributed by atoms with Crippen molar-refractivity contribution in [2.24, 2.45) is 5.41 Å². The first-order valence-corrected chi connectivity index (χ1v) is 7.19. The van der Waals surface area contributed by atoms with Crippen molar-refractivity contribution in [3.8, 4) is 0 Å². The van der Waals surface area contributed by atoms with Crippen LogP contribution in [0, 0.1) is 5.41 Å². The lowest BCUT2D eigenvalue weighted by Gasteiger charge is -2.11. The lowest BCUT2D eigenvalue weighted by atomic mass is 10.1. The molecule has 0 saturated heterocycles. The Bertz CT molecular complexity index is 371. The van der Waals surface area contributed by atoms with E-state index in [0.717, 1.165) is 30.8 Å². The maximum absolute atomic E-state index is 10.7. The Kier molecular flexibility index (Phi) is 4.11. The summed E-state index contributed by atoms with van der Waals surface area (Å²) in [6, 6.07) is 10.4. The summed E-state index contributed by atoms with van der Waals surface area (Å²) < 4.78 is 0. The molecule has 1 fully saturated rings. The number of carboxylic acid groups (broad SMARTS) is 1. The van der Waals surface area contributed by atoms with Crippen LogP contribution < -0.4 is 0 Å². The van der Waals surface area contributed by atoms with E-state index in [0.29, 0.717) is 6.42 Å². The molecule has 2 rings (SSSR count). The van der Waals surface area contributed by atoms with E-state index in [1.54, 1.807) is 0 Å². The van der Waals surface area contributed by atoms with E-state index < -0.39 is 5.97 Å². The number of benzene rings is 1. The Labute approximate surface area is 106 Å². The van der Waals surface area contributed by atoms with E-state index in [4.69, 9.17) is 5.11 Å². The second kappa shape index (κ2) is 5.58. The van der Waals surface area contributed by atoms with Crippen molar-refractivity contribution in [3.05, 3.63) is 35.9 Å². The fourth-order valence-electron chi connectivity index (χ4n) is 1.99. The topological polar surface area (TPSA) is 37.3 Å². The van der Waals surface area contributed by atoms with Crippen LogP contribution in [0.15, 0.2) is 30.3 Å². The quantitative estimate of drug-likeness (QED) is 0.755. The van der Waals surface area contributed by atoms with E-state index in [1.165, 1.54) is 5.56 Å². The summed E-state index contributed by atoms with van der Waals surface area (Å²) in [6.07, 6.45) is 3.62. The number of hydrogen-bond acceptors (Lipinski definition) is 2. The molecule has 1 N–H and O–H groups in total. The molecule has 0 heterocycles. The molecule has 0 spiro atoms. The Morgan fingerprint density at radius 3 is 2.59 bits per heavy atom. The number of aliphatic carboxylic acids is 1. The Morgan fingerprint density at radius 2 is 2.00 bits per heavy atom. The lowest BCUT2D eigenvalue weighted by Crippen LogP contribution is -2.11. The SMILES string of the molecule is O=C(O)CC1(CSCCc2ccccc2)CC1. The van der Waals surface area contributed by atoms with E-state index in [-0.39, 0.29) is 5.41 Å². The van der Waals surface area contributed by atoms with Crippen LogP contribution in [0.2, 0.25) is 0 Å². The predicted molar refractivity (Wildman–Crippen MR) is 71.4 cm³/mol. The zero-order valence-corrected chi connectivity index (χ0v) is 10.7. The molecule has 1 aromatic carbocycles. The molecule has 0 radical (unpaired) electrons. The summed E-state index contributed by atoms with van der Waals surface area (Å²) in [6.45, 7) is 0. The predicted octanol–water partition coefficient (Wildman–Crippen LogP) is 3.22. The maximum atomic E-state index is 10.7. The van der Waals surface area contributed by atoms with Gasteiger partial charge in [0.1, 0.15) is 0 Å². The van der Waals surface area contributed by atoms with Crippen molar-refractivity contribution in [1.82, 2.24) is 0 Å². The van der Waals surface area contributed by atoms with Crippen molar-refractivity contribution in [2.45, 2.75) is 25.7 Å². The van der Waals surface area contributed by atoms with Crippen LogP contribution in [-0.4, -0.2) is 22.6 Å². The van der Waals surface area contributed by atoms with Crippen LogP contribution >= 0.6 is 11.8 Å². The molecule has 2 nitrogen and oxygen atoms in total. The molecule has 1 aromatic rings. The molecule has 3 heteroatoms. The third kappa shape index (κ3) is 4.08. The summed E-state index contributed by atoms with van der Waals surface area (Å²) in [5, 5.41) is 8.81. The van der Waals surface area contributed by atoms with Gasteiger partial charge < -0.3 is 5.11 Å². The van der Waals surface area contributed by atoms with Gasteiger partial charge in [0.05, 0.1) is 6.42 Å². The molecule has 0 aromatic heterocycles. The van der Waals surface area contributed by atoms with E-state index in [9.17, 15) is 4.79 Å². The smallest absolute Gasteiger partial charge is 0.303 e. The molecule has 0 bridgehead atoms. The van der Waals surface area contributed by atoms with Crippen LogP contribution in [0.1, 0.15) is 24.8 Å². The first-order chi connectivity index (χ1) is 8.20. The van der Waals surface area contributed by atoms with Gasteiger partial charge in [-0.15, -0.1) is 0 Å². The van der Waals surface area contributed by atoms with Gasteiger partial charge in [-0.2, -0.15) is 11.8 Å². The fourth-order valence-corrected chi connectivity index (χ4v) is 3.34. The molecule has 1 aliphatic rings. The number of carboxylic acids is 1. The summed E-state index contributed by atoms with van der Waals surface area (Å²) in [5.41, 5.74) is 1.50. The maximum Gasteiger partial charge on any atom is 0.303 e. The van der Waals surface area contributed by atoms with Gasteiger partial charge in [0.2, 0.25) is 0 Å². The molecular weight excluding hydrogens is 232 g/mol. The van der Waals surface area contributed by atoms with Crippen LogP contribution in [0.4, 0.5) is 0 Å². The van der Waals surface area contributed by atoms with E-state index in [1.807, 2.05) is 17.8 Å². The molecule has 92 valence electrons. The van der Waals surface area contributed by atoms with Crippen LogP contribution in [0.25, 0.3) is 0 Å². The fraction of sp³-hybridized carbons (Fsp3) is 0.500. The van der Waals surface area contributed by atoms with Gasteiger partial charge in [-0.05, 0) is 41.7 Å². The van der Waals surface area contributed by atoms with Crippen LogP contribution in [0.5, 0.6) is 0 Å². The summed E-state index contributed by atoms with van der Waals surface area (Å²) in [5.74, 6) is 1.45. The third-order valence-electron chi connectivity index (χ3n) is 3.27. The molecule has 0 aliphatic heterocycles. The lowest BCUT2D eigenvalue weighted by molar-refractivity contribution is -0.138. The van der Waals surface area contributed by atoms with E-state index >= 15 is 0 Å². The largest absolute Gasteiger partial charge is 0.481 e. The van der Waals surface area contributed by atoms with Crippen LogP contribution in [-0.2, 0) is 11.2 Å². The number of aryl methyl sites for hydroxylation is 1. The molecule has 17 heavy (non-hydrogen) atoms. The zero-order chi connectivity index (χ0) is 12.1. The highest BCUT2D eigenvalue weighted by Crippen LogP contribution is 2.51. The highest BCUT2D eigenvalue weighted by Gasteiger charge is 2.43. The second-order valence-corrected chi connectivity index (χ2v) is 5.96. The number of thioether (sulfide) groups is 1. The first kappa shape index (κ1) is 12.5. The second-order valence-electron chi connectivity index (χ2n) is 4.86. The highest BCUT2D eigenvalue weighted by atomic mass is 32.2. The monoisotopic (exact) mass is 250 g/mol. The van der Waals surface area contributed by atoms with Crippen molar-refractivity contribution in [1.29, 1.82) is 0 Å². The minimum Gasteiger partial charge on any atom is -0.481 e. The standard InChI is InChI=1S/C14H18O2S/c15-13(16)10-14(7-8-14)11-17-9-6-12-4-2-1-3-5-12/h1-5H,6-11H2,(H,15,16). The Hall–Kier alpha value is -0.960. The minimum atomic E-state index is -0.647. The molecule has 1 aliphatic carbocycles. The molecule has 0 atom stereocenters. The van der Waals surface area contributed by atoms with Gasteiger partial charge in [0.15, 0.2) is 0 Å². The van der Waals surface area contributed by atoms with Gasteiger partial charge in [-0.25, -0.2) is 0 Å². The van der Waals surface area contributed by atoms with Gasteiger partial charge in [-0.3, -0.25) is 4.79 Å². The summed E-state index contributed by atoms with van der Waals surface area (Å²) in [7, 11) is 0. The summed E-state index contributed by atoms with van der Waals surface area (Å²) in [4.78, 5) is 10.7. The molecule has 0 unspecified atom stereocenters. The average molecular weight is 250 g/mol. The highest BCUT2D eigenvalue weighted by molar-refractivity contribution is 7.99. The first-order valence-electron chi connectivity index (χ1n) is 6.04. The van der Waals surface area contributed by atoms with Gasteiger partial charge in [-0.1, -0.05) is 30.3 Å². The minimum absolute atomic E-state index is 0.132. The van der Waals surface area contributed by atoms with Crippen molar-refractivity contribution >= 4 is 17.7 Å². The Morgan fingerprint density at radius 1 is 1.29 bits per heavy atom. The Balaban J connectivity index is 1.65. The number of hydrogen-bond donors (Lipinski definition) is 1. The van der Waals surface area contributed by atoms with Gasteiger partial charge >= 0.3 is 5.97 Å². The number of carbonyl (C=O) groups is 1. The van der Waals surface area contributed by atoms with Crippen LogP contribution in [0.3, 0.4) is 0 Å². The zero-order valence-electron chi connectivity index (χ0n) is 9.89. The van der Waals surface area contributed by atoms with Crippen molar-refractivity contribution < 1.29 is 9.90 Å². The molecule has 1 saturated carbocycles. The van der Waals surface area contributed by atoms with Crippen molar-refractivity contribution in [2.75, 3.05) is 11.5 Å². The number of rotatable bonds is 7. The summed E-state index contributed by atoms with van der Waals surface area (Å²) >= 11 is 1.90. The molecule has 0 amide bonds. The third-order valence-corrected chi connectivity index (χ3v) is 4.58. The van der Waals surface area contributed by atoms with Gasteiger partial charge in [0, 0.05) is 0 Å². The van der Waals surface area contributed by atoms with Crippen molar-refractivity contribution in [3.63, 3.8) is 0 Å². The van der Waals surface area contributed by atoms with E-state index in [2.05, 4.69) is 24.3 Å².